The summed E-state index contributed by atoms with van der Waals surface area (Å²) in [4.78, 5) is 0. The van der Waals surface area contributed by atoms with E-state index in [9.17, 15) is 0 Å². The topological polar surface area (TPSA) is 0 Å². The fraction of sp³-hybridized carbons (Fsp3) is 0.467. The van der Waals surface area contributed by atoms with Gasteiger partial charge in [0.15, 0.2) is 0 Å². The molecule has 0 amide bonds. The predicted octanol–water partition coefficient (Wildman–Crippen LogP) is 4.54. The number of fused-ring (bicyclic) bond motifs is 1. The first-order chi connectivity index (χ1) is 7.09. The molecule has 0 heteroatoms. The van der Waals surface area contributed by atoms with Crippen LogP contribution in [0.3, 0.4) is 0 Å². The molecule has 1 aromatic carbocycles. The van der Waals surface area contributed by atoms with Crippen LogP contribution in [0.15, 0.2) is 24.3 Å². The van der Waals surface area contributed by atoms with Gasteiger partial charge in [0.1, 0.15) is 0 Å². The van der Waals surface area contributed by atoms with Crippen molar-refractivity contribution >= 4 is 5.57 Å². The molecule has 0 spiro atoms. The third-order valence-electron chi connectivity index (χ3n) is 3.51. The molecular formula is C15H20. The number of aryl methyl sites for hydroxylation is 1. The van der Waals surface area contributed by atoms with Gasteiger partial charge in [-0.3, -0.25) is 0 Å². The maximum atomic E-state index is 2.39. The second kappa shape index (κ2) is 3.84. The van der Waals surface area contributed by atoms with Crippen molar-refractivity contribution in [3.63, 3.8) is 0 Å². The van der Waals surface area contributed by atoms with E-state index < -0.39 is 0 Å². The Morgan fingerprint density at radius 2 is 1.93 bits per heavy atom. The molecule has 1 unspecified atom stereocenters. The van der Waals surface area contributed by atoms with Crippen LogP contribution < -0.4 is 0 Å². The third-order valence-corrected chi connectivity index (χ3v) is 3.51. The van der Waals surface area contributed by atoms with Crippen molar-refractivity contribution in [1.29, 1.82) is 0 Å². The lowest BCUT2D eigenvalue weighted by Gasteiger charge is -2.27. The van der Waals surface area contributed by atoms with Crippen LogP contribution in [0.5, 0.6) is 0 Å². The summed E-state index contributed by atoms with van der Waals surface area (Å²) in [6.45, 7) is 9.06. The molecule has 2 rings (SSSR count). The van der Waals surface area contributed by atoms with Gasteiger partial charge in [-0.15, -0.1) is 0 Å². The summed E-state index contributed by atoms with van der Waals surface area (Å²) in [5.41, 5.74) is 5.85. The van der Waals surface area contributed by atoms with Gasteiger partial charge in [-0.2, -0.15) is 0 Å². The quantitative estimate of drug-likeness (QED) is 0.624. The molecule has 1 aliphatic carbocycles. The van der Waals surface area contributed by atoms with Crippen molar-refractivity contribution in [1.82, 2.24) is 0 Å². The maximum Gasteiger partial charge on any atom is -0.00980 e. The van der Waals surface area contributed by atoms with Crippen LogP contribution in [-0.4, -0.2) is 0 Å². The van der Waals surface area contributed by atoms with Crippen molar-refractivity contribution in [2.45, 2.75) is 40.0 Å². The van der Waals surface area contributed by atoms with Gasteiger partial charge in [0.05, 0.1) is 0 Å². The number of benzene rings is 1. The van der Waals surface area contributed by atoms with E-state index in [1.54, 1.807) is 5.56 Å². The monoisotopic (exact) mass is 200 g/mol. The van der Waals surface area contributed by atoms with Crippen LogP contribution in [0.1, 0.15) is 49.8 Å². The first kappa shape index (κ1) is 10.5. The fourth-order valence-corrected chi connectivity index (χ4v) is 2.52. The zero-order valence-corrected chi connectivity index (χ0v) is 10.2. The van der Waals surface area contributed by atoms with Gasteiger partial charge in [-0.1, -0.05) is 43.7 Å². The van der Waals surface area contributed by atoms with E-state index in [2.05, 4.69) is 52.0 Å². The molecule has 0 aliphatic heterocycles. The Hall–Kier alpha value is -1.04. The molecule has 1 aromatic rings. The molecule has 0 fully saturated rings. The summed E-state index contributed by atoms with van der Waals surface area (Å²) in [5.74, 6) is 1.44. The van der Waals surface area contributed by atoms with Crippen molar-refractivity contribution in [2.24, 2.45) is 5.92 Å². The van der Waals surface area contributed by atoms with Crippen LogP contribution in [0, 0.1) is 12.8 Å². The number of rotatable bonds is 1. The highest BCUT2D eigenvalue weighted by Gasteiger charge is 2.22. The second-order valence-corrected chi connectivity index (χ2v) is 5.06. The largest absolute Gasteiger partial charge is 0.0804 e. The van der Waals surface area contributed by atoms with Gasteiger partial charge in [0.2, 0.25) is 0 Å². The third kappa shape index (κ3) is 1.86. The standard InChI is InChI=1S/C15H20/c1-10(2)13-8-6-12(4)14-7-5-11(3)9-15(13)14/h5-7,9-10,13H,8H2,1-4H3. The van der Waals surface area contributed by atoms with Crippen LogP contribution in [-0.2, 0) is 0 Å². The normalized spacial score (nSPS) is 20.1. The van der Waals surface area contributed by atoms with E-state index in [4.69, 9.17) is 0 Å². The smallest absolute Gasteiger partial charge is 0.00980 e. The molecule has 0 radical (unpaired) electrons. The summed E-state index contributed by atoms with van der Waals surface area (Å²) in [6.07, 6.45) is 3.60. The Bertz CT molecular complexity index is 396. The van der Waals surface area contributed by atoms with Crippen molar-refractivity contribution < 1.29 is 0 Å². The van der Waals surface area contributed by atoms with Gasteiger partial charge in [0, 0.05) is 0 Å². The fourth-order valence-electron chi connectivity index (χ4n) is 2.52. The summed E-state index contributed by atoms with van der Waals surface area (Å²) in [7, 11) is 0. The average molecular weight is 200 g/mol. The minimum Gasteiger partial charge on any atom is -0.0804 e. The Balaban J connectivity index is 2.53. The van der Waals surface area contributed by atoms with E-state index in [0.717, 1.165) is 5.92 Å². The van der Waals surface area contributed by atoms with Gasteiger partial charge in [0.25, 0.3) is 0 Å². The van der Waals surface area contributed by atoms with Crippen molar-refractivity contribution in [3.05, 3.63) is 41.0 Å². The zero-order chi connectivity index (χ0) is 11.0. The molecule has 0 saturated heterocycles. The van der Waals surface area contributed by atoms with Gasteiger partial charge in [-0.05, 0) is 48.8 Å². The molecule has 80 valence electrons. The summed E-state index contributed by atoms with van der Waals surface area (Å²) < 4.78 is 0. The zero-order valence-electron chi connectivity index (χ0n) is 10.2. The lowest BCUT2D eigenvalue weighted by atomic mass is 9.77. The Kier molecular flexibility index (Phi) is 2.68. The number of hydrogen-bond acceptors (Lipinski definition) is 0. The molecule has 0 nitrogen and oxygen atoms in total. The molecule has 1 aliphatic rings. The van der Waals surface area contributed by atoms with Crippen LogP contribution in [0.25, 0.3) is 5.57 Å². The molecule has 0 saturated carbocycles. The minimum absolute atomic E-state index is 0.712. The van der Waals surface area contributed by atoms with Gasteiger partial charge < -0.3 is 0 Å². The lowest BCUT2D eigenvalue weighted by molar-refractivity contribution is 0.498. The second-order valence-electron chi connectivity index (χ2n) is 5.06. The van der Waals surface area contributed by atoms with Gasteiger partial charge >= 0.3 is 0 Å². The molecule has 0 bridgehead atoms. The van der Waals surface area contributed by atoms with Crippen LogP contribution in [0.2, 0.25) is 0 Å². The summed E-state index contributed by atoms with van der Waals surface area (Å²) in [5, 5.41) is 0. The maximum absolute atomic E-state index is 2.39. The molecule has 0 N–H and O–H groups in total. The molecule has 1 atom stereocenters. The summed E-state index contributed by atoms with van der Waals surface area (Å²) in [6, 6.07) is 6.88. The van der Waals surface area contributed by atoms with Crippen LogP contribution >= 0.6 is 0 Å². The Labute approximate surface area is 93.0 Å². The highest BCUT2D eigenvalue weighted by molar-refractivity contribution is 5.69. The van der Waals surface area contributed by atoms with E-state index in [0.29, 0.717) is 5.92 Å². The number of hydrogen-bond donors (Lipinski definition) is 0. The van der Waals surface area contributed by atoms with E-state index >= 15 is 0 Å². The molecule has 15 heavy (non-hydrogen) atoms. The molecule has 0 heterocycles. The summed E-state index contributed by atoms with van der Waals surface area (Å²) >= 11 is 0. The first-order valence-electron chi connectivity index (χ1n) is 5.87. The average Bonchev–Trinajstić information content (AvgIpc) is 2.17. The predicted molar refractivity (Wildman–Crippen MR) is 67.0 cm³/mol. The van der Waals surface area contributed by atoms with E-state index in [-0.39, 0.29) is 0 Å². The first-order valence-corrected chi connectivity index (χ1v) is 5.87. The lowest BCUT2D eigenvalue weighted by Crippen LogP contribution is -2.12. The van der Waals surface area contributed by atoms with Gasteiger partial charge in [-0.25, -0.2) is 0 Å². The van der Waals surface area contributed by atoms with E-state index in [1.165, 1.54) is 23.1 Å². The Morgan fingerprint density at radius 1 is 1.20 bits per heavy atom. The Morgan fingerprint density at radius 3 is 2.60 bits per heavy atom. The number of allylic oxidation sites excluding steroid dienone is 2. The molecule has 0 aromatic heterocycles. The molecular weight excluding hydrogens is 180 g/mol. The SMILES string of the molecule is CC1=CCC(C(C)C)c2cc(C)ccc21. The highest BCUT2D eigenvalue weighted by Crippen LogP contribution is 2.38. The van der Waals surface area contributed by atoms with Crippen molar-refractivity contribution in [2.75, 3.05) is 0 Å². The van der Waals surface area contributed by atoms with Crippen molar-refractivity contribution in [3.8, 4) is 0 Å². The van der Waals surface area contributed by atoms with E-state index in [1.807, 2.05) is 0 Å². The minimum atomic E-state index is 0.712. The highest BCUT2D eigenvalue weighted by atomic mass is 14.3. The van der Waals surface area contributed by atoms with Crippen LogP contribution in [0.4, 0.5) is 0 Å².